The Morgan fingerprint density at radius 3 is 2.50 bits per heavy atom. The Kier molecular flexibility index (Phi) is 5.07. The zero-order valence-electron chi connectivity index (χ0n) is 15.1. The predicted octanol–water partition coefficient (Wildman–Crippen LogP) is 3.81. The number of methoxy groups -OCH3 is 1. The molecule has 0 spiro atoms. The number of benzene rings is 2. The number of aromatic hydroxyl groups is 1. The van der Waals surface area contributed by atoms with Crippen LogP contribution < -0.4 is 10.1 Å². The minimum absolute atomic E-state index is 0.0768. The number of fused-ring (bicyclic) bond motifs is 1. The Morgan fingerprint density at radius 1 is 1.12 bits per heavy atom. The predicted molar refractivity (Wildman–Crippen MR) is 101 cm³/mol. The van der Waals surface area contributed by atoms with Crippen molar-refractivity contribution in [3.8, 4) is 11.5 Å². The van der Waals surface area contributed by atoms with Crippen molar-refractivity contribution < 1.29 is 14.6 Å². The van der Waals surface area contributed by atoms with Crippen molar-refractivity contribution in [2.45, 2.75) is 19.9 Å². The summed E-state index contributed by atoms with van der Waals surface area (Å²) >= 11 is 0. The van der Waals surface area contributed by atoms with Crippen molar-refractivity contribution in [3.63, 3.8) is 0 Å². The number of carbonyl (C=O) groups is 1. The van der Waals surface area contributed by atoms with Crippen molar-refractivity contribution in [2.24, 2.45) is 5.92 Å². The molecule has 134 valence electrons. The maximum atomic E-state index is 12.4. The number of hydrogen-bond donors (Lipinski definition) is 2. The SMILES string of the molecule is COc1ccc([C@H](NC(=O)C(C)C)c2ccc3cccnc3c2O)cc1. The van der Waals surface area contributed by atoms with Crippen LogP contribution in [0.1, 0.15) is 31.0 Å². The first kappa shape index (κ1) is 17.7. The number of phenolic OH excluding ortho intramolecular Hbond substituents is 1. The molecule has 0 aliphatic rings. The van der Waals surface area contributed by atoms with E-state index in [4.69, 9.17) is 4.74 Å². The lowest BCUT2D eigenvalue weighted by atomic mass is 9.95. The molecule has 1 atom stereocenters. The largest absolute Gasteiger partial charge is 0.505 e. The summed E-state index contributed by atoms with van der Waals surface area (Å²) in [5, 5.41) is 14.7. The van der Waals surface area contributed by atoms with Crippen LogP contribution in [0.15, 0.2) is 54.7 Å². The molecular weight excluding hydrogens is 328 g/mol. The Morgan fingerprint density at radius 2 is 1.85 bits per heavy atom. The van der Waals surface area contributed by atoms with Gasteiger partial charge in [0.15, 0.2) is 0 Å². The van der Waals surface area contributed by atoms with Crippen LogP contribution in [-0.2, 0) is 4.79 Å². The van der Waals surface area contributed by atoms with Gasteiger partial charge >= 0.3 is 0 Å². The van der Waals surface area contributed by atoms with E-state index in [2.05, 4.69) is 10.3 Å². The van der Waals surface area contributed by atoms with Gasteiger partial charge < -0.3 is 15.2 Å². The number of hydrogen-bond acceptors (Lipinski definition) is 4. The zero-order valence-corrected chi connectivity index (χ0v) is 15.1. The monoisotopic (exact) mass is 350 g/mol. The molecular formula is C21H22N2O3. The number of rotatable bonds is 5. The van der Waals surface area contributed by atoms with Gasteiger partial charge in [-0.15, -0.1) is 0 Å². The van der Waals surface area contributed by atoms with Gasteiger partial charge in [-0.05, 0) is 23.8 Å². The maximum absolute atomic E-state index is 12.4. The Hall–Kier alpha value is -3.08. The first-order chi connectivity index (χ1) is 12.5. The highest BCUT2D eigenvalue weighted by Gasteiger charge is 2.23. The van der Waals surface area contributed by atoms with E-state index in [9.17, 15) is 9.90 Å². The van der Waals surface area contributed by atoms with Crippen LogP contribution in [0, 0.1) is 5.92 Å². The summed E-state index contributed by atoms with van der Waals surface area (Å²) in [6, 6.07) is 14.4. The molecule has 2 aromatic carbocycles. The number of phenols is 1. The van der Waals surface area contributed by atoms with E-state index in [1.165, 1.54) is 0 Å². The number of ether oxygens (including phenoxy) is 1. The number of amides is 1. The summed E-state index contributed by atoms with van der Waals surface area (Å²) in [4.78, 5) is 16.6. The molecule has 0 saturated heterocycles. The van der Waals surface area contributed by atoms with Crippen LogP contribution in [-0.4, -0.2) is 23.1 Å². The van der Waals surface area contributed by atoms with Gasteiger partial charge in [0.05, 0.1) is 13.2 Å². The molecule has 0 bridgehead atoms. The minimum atomic E-state index is -0.484. The van der Waals surface area contributed by atoms with Gasteiger partial charge in [0.2, 0.25) is 5.91 Å². The quantitative estimate of drug-likeness (QED) is 0.734. The van der Waals surface area contributed by atoms with Gasteiger partial charge in [-0.3, -0.25) is 9.78 Å². The Labute approximate surface area is 152 Å². The molecule has 0 unspecified atom stereocenters. The lowest BCUT2D eigenvalue weighted by molar-refractivity contribution is -0.124. The van der Waals surface area contributed by atoms with Gasteiger partial charge in [0.1, 0.15) is 17.0 Å². The van der Waals surface area contributed by atoms with Crippen molar-refractivity contribution >= 4 is 16.8 Å². The minimum Gasteiger partial charge on any atom is -0.505 e. The molecule has 5 heteroatoms. The Bertz CT molecular complexity index is 920. The summed E-state index contributed by atoms with van der Waals surface area (Å²) in [6.45, 7) is 3.67. The van der Waals surface area contributed by atoms with E-state index < -0.39 is 6.04 Å². The first-order valence-corrected chi connectivity index (χ1v) is 8.52. The number of nitrogens with one attached hydrogen (secondary N) is 1. The fourth-order valence-corrected chi connectivity index (χ4v) is 2.82. The maximum Gasteiger partial charge on any atom is 0.223 e. The van der Waals surface area contributed by atoms with E-state index >= 15 is 0 Å². The molecule has 0 saturated carbocycles. The molecule has 1 heterocycles. The van der Waals surface area contributed by atoms with Crippen molar-refractivity contribution in [1.29, 1.82) is 0 Å². The average Bonchev–Trinajstić information content (AvgIpc) is 2.67. The lowest BCUT2D eigenvalue weighted by Crippen LogP contribution is -2.32. The van der Waals surface area contributed by atoms with E-state index in [-0.39, 0.29) is 17.6 Å². The summed E-state index contributed by atoms with van der Waals surface area (Å²) in [7, 11) is 1.61. The molecule has 3 rings (SSSR count). The van der Waals surface area contributed by atoms with Gasteiger partial charge in [-0.1, -0.05) is 44.2 Å². The summed E-state index contributed by atoms with van der Waals surface area (Å²) in [6.07, 6.45) is 1.64. The topological polar surface area (TPSA) is 71.5 Å². The Balaban J connectivity index is 2.10. The van der Waals surface area contributed by atoms with E-state index in [0.29, 0.717) is 11.1 Å². The molecule has 3 aromatic rings. The number of pyridine rings is 1. The third kappa shape index (κ3) is 3.47. The first-order valence-electron chi connectivity index (χ1n) is 8.52. The highest BCUT2D eigenvalue weighted by molar-refractivity contribution is 5.86. The molecule has 0 radical (unpaired) electrons. The third-order valence-electron chi connectivity index (χ3n) is 4.35. The van der Waals surface area contributed by atoms with Crippen molar-refractivity contribution in [3.05, 3.63) is 65.9 Å². The van der Waals surface area contributed by atoms with E-state index in [1.807, 2.05) is 62.4 Å². The number of aromatic nitrogens is 1. The van der Waals surface area contributed by atoms with Gasteiger partial charge in [0, 0.05) is 23.1 Å². The van der Waals surface area contributed by atoms with Crippen LogP contribution in [0.5, 0.6) is 11.5 Å². The summed E-state index contributed by atoms with van der Waals surface area (Å²) in [5.74, 6) is 0.544. The second-order valence-electron chi connectivity index (χ2n) is 6.45. The van der Waals surface area contributed by atoms with Crippen molar-refractivity contribution in [1.82, 2.24) is 10.3 Å². The van der Waals surface area contributed by atoms with Crippen LogP contribution in [0.25, 0.3) is 10.9 Å². The molecule has 0 aliphatic carbocycles. The molecule has 0 fully saturated rings. The van der Waals surface area contributed by atoms with Gasteiger partial charge in [-0.2, -0.15) is 0 Å². The van der Waals surface area contributed by atoms with Gasteiger partial charge in [0.25, 0.3) is 0 Å². The van der Waals surface area contributed by atoms with Crippen molar-refractivity contribution in [2.75, 3.05) is 7.11 Å². The number of nitrogens with zero attached hydrogens (tertiary/aromatic N) is 1. The van der Waals surface area contributed by atoms with E-state index in [1.54, 1.807) is 13.3 Å². The average molecular weight is 350 g/mol. The second kappa shape index (κ2) is 7.44. The highest BCUT2D eigenvalue weighted by atomic mass is 16.5. The molecule has 5 nitrogen and oxygen atoms in total. The molecule has 2 N–H and O–H groups in total. The summed E-state index contributed by atoms with van der Waals surface area (Å²) in [5.41, 5.74) is 1.98. The number of carbonyl (C=O) groups excluding carboxylic acids is 1. The standard InChI is InChI=1S/C21H22N2O3/c1-13(2)21(25)23-18(15-6-9-16(26-3)10-7-15)17-11-8-14-5-4-12-22-19(14)20(17)24/h4-13,18,24H,1-3H3,(H,23,25)/t18-/m0/s1. The normalized spacial score (nSPS) is 12.2. The molecule has 26 heavy (non-hydrogen) atoms. The second-order valence-corrected chi connectivity index (χ2v) is 6.45. The van der Waals surface area contributed by atoms with Crippen LogP contribution >= 0.6 is 0 Å². The zero-order chi connectivity index (χ0) is 18.7. The van der Waals surface area contributed by atoms with Gasteiger partial charge in [-0.25, -0.2) is 0 Å². The van der Waals surface area contributed by atoms with Crippen LogP contribution in [0.4, 0.5) is 0 Å². The van der Waals surface area contributed by atoms with E-state index in [0.717, 1.165) is 16.7 Å². The highest BCUT2D eigenvalue weighted by Crippen LogP contribution is 2.35. The third-order valence-corrected chi connectivity index (χ3v) is 4.35. The smallest absolute Gasteiger partial charge is 0.223 e. The fourth-order valence-electron chi connectivity index (χ4n) is 2.82. The molecule has 1 amide bonds. The van der Waals surface area contributed by atoms with Crippen LogP contribution in [0.2, 0.25) is 0 Å². The molecule has 0 aliphatic heterocycles. The summed E-state index contributed by atoms with van der Waals surface area (Å²) < 4.78 is 5.21. The fraction of sp³-hybridized carbons (Fsp3) is 0.238. The molecule has 1 aromatic heterocycles. The lowest BCUT2D eigenvalue weighted by Gasteiger charge is -2.22. The van der Waals surface area contributed by atoms with Crippen LogP contribution in [0.3, 0.4) is 0 Å².